The van der Waals surface area contributed by atoms with Gasteiger partial charge >= 0.3 is 6.36 Å². The first-order valence-corrected chi connectivity index (χ1v) is 8.35. The van der Waals surface area contributed by atoms with Gasteiger partial charge in [0.05, 0.1) is 29.2 Å². The lowest BCUT2D eigenvalue weighted by Crippen LogP contribution is -2.23. The van der Waals surface area contributed by atoms with Crippen LogP contribution in [0.2, 0.25) is 0 Å². The first-order chi connectivity index (χ1) is 12.3. The lowest BCUT2D eigenvalue weighted by Gasteiger charge is -2.26. The summed E-state index contributed by atoms with van der Waals surface area (Å²) in [5.41, 5.74) is 1.79. The molecule has 0 aromatic heterocycles. The minimum Gasteiger partial charge on any atom is -0.406 e. The number of fused-ring (bicyclic) bond motifs is 2. The predicted octanol–water partition coefficient (Wildman–Crippen LogP) is 4.70. The lowest BCUT2D eigenvalue weighted by molar-refractivity contribution is -0.274. The fourth-order valence-corrected chi connectivity index (χ4v) is 3.08. The average molecular weight is 431 g/mol. The van der Waals surface area contributed by atoms with Gasteiger partial charge in [0.25, 0.3) is 5.91 Å². The second-order valence-corrected chi connectivity index (χ2v) is 6.40. The van der Waals surface area contributed by atoms with Gasteiger partial charge in [-0.1, -0.05) is 15.9 Å². The number of halogens is 4. The van der Waals surface area contributed by atoms with E-state index in [0.29, 0.717) is 34.6 Å². The maximum atomic E-state index is 12.6. The molecular weight excluding hydrogens is 417 g/mol. The first kappa shape index (κ1) is 18.5. The molecular formula is C17H14BrF3N2O3. The van der Waals surface area contributed by atoms with E-state index in [2.05, 4.69) is 26.0 Å². The van der Waals surface area contributed by atoms with Crippen LogP contribution in [0.1, 0.15) is 10.4 Å². The highest BCUT2D eigenvalue weighted by molar-refractivity contribution is 9.10. The number of methoxy groups -OCH3 is 1. The predicted molar refractivity (Wildman–Crippen MR) is 94.1 cm³/mol. The molecule has 1 aliphatic heterocycles. The SMILES string of the molecule is COCCN1c2ccc(OC(F)(F)F)cc2NC(=O)c2cc(Br)ccc21. The average Bonchev–Trinajstić information content (AvgIpc) is 2.66. The quantitative estimate of drug-likeness (QED) is 0.763. The molecule has 2 aromatic rings. The molecule has 0 saturated carbocycles. The number of carbonyl (C=O) groups excluding carboxylic acids is 1. The van der Waals surface area contributed by atoms with Crippen LogP contribution in [0.4, 0.5) is 30.2 Å². The third kappa shape index (κ3) is 3.94. The Bertz CT molecular complexity index is 842. The summed E-state index contributed by atoms with van der Waals surface area (Å²) >= 11 is 3.33. The van der Waals surface area contributed by atoms with E-state index in [1.165, 1.54) is 12.1 Å². The van der Waals surface area contributed by atoms with Gasteiger partial charge in [-0.25, -0.2) is 0 Å². The van der Waals surface area contributed by atoms with Gasteiger partial charge in [-0.3, -0.25) is 4.79 Å². The fraction of sp³-hybridized carbons (Fsp3) is 0.235. The lowest BCUT2D eigenvalue weighted by atomic mass is 10.1. The molecule has 0 spiro atoms. The van der Waals surface area contributed by atoms with Crippen LogP contribution in [0.15, 0.2) is 40.9 Å². The molecule has 5 nitrogen and oxygen atoms in total. The largest absolute Gasteiger partial charge is 0.573 e. The van der Waals surface area contributed by atoms with Crippen molar-refractivity contribution in [3.63, 3.8) is 0 Å². The Morgan fingerprint density at radius 3 is 2.58 bits per heavy atom. The minimum atomic E-state index is -4.81. The van der Waals surface area contributed by atoms with Crippen LogP contribution in [-0.2, 0) is 4.74 Å². The minimum absolute atomic E-state index is 0.222. The number of carbonyl (C=O) groups is 1. The van der Waals surface area contributed by atoms with E-state index in [9.17, 15) is 18.0 Å². The Labute approximate surface area is 155 Å². The third-order valence-corrected chi connectivity index (χ3v) is 4.25. The first-order valence-electron chi connectivity index (χ1n) is 7.55. The third-order valence-electron chi connectivity index (χ3n) is 3.75. The Hall–Kier alpha value is -2.26. The van der Waals surface area contributed by atoms with Crippen LogP contribution in [0, 0.1) is 0 Å². The molecule has 1 amide bonds. The van der Waals surface area contributed by atoms with Gasteiger partial charge in [0.15, 0.2) is 0 Å². The molecule has 138 valence electrons. The molecule has 2 aromatic carbocycles. The van der Waals surface area contributed by atoms with E-state index < -0.39 is 18.0 Å². The van der Waals surface area contributed by atoms with Gasteiger partial charge in [-0.2, -0.15) is 0 Å². The van der Waals surface area contributed by atoms with Crippen LogP contribution >= 0.6 is 15.9 Å². The number of amides is 1. The maximum Gasteiger partial charge on any atom is 0.573 e. The van der Waals surface area contributed by atoms with Crippen LogP contribution in [0.25, 0.3) is 0 Å². The van der Waals surface area contributed by atoms with Crippen molar-refractivity contribution in [2.45, 2.75) is 6.36 Å². The maximum absolute atomic E-state index is 12.6. The number of rotatable bonds is 4. The zero-order valence-electron chi connectivity index (χ0n) is 13.6. The molecule has 0 fully saturated rings. The van der Waals surface area contributed by atoms with Gasteiger partial charge in [0.2, 0.25) is 0 Å². The number of ether oxygens (including phenoxy) is 2. The summed E-state index contributed by atoms with van der Waals surface area (Å²) in [6.07, 6.45) is -4.81. The summed E-state index contributed by atoms with van der Waals surface area (Å²) in [7, 11) is 1.55. The van der Waals surface area contributed by atoms with Crippen molar-refractivity contribution in [3.05, 3.63) is 46.4 Å². The van der Waals surface area contributed by atoms with Crippen molar-refractivity contribution in [1.82, 2.24) is 0 Å². The van der Waals surface area contributed by atoms with Gasteiger partial charge in [0.1, 0.15) is 5.75 Å². The van der Waals surface area contributed by atoms with Crippen LogP contribution in [0.3, 0.4) is 0 Å². The van der Waals surface area contributed by atoms with Crippen molar-refractivity contribution in [2.24, 2.45) is 0 Å². The molecule has 1 N–H and O–H groups in total. The monoisotopic (exact) mass is 430 g/mol. The molecule has 0 bridgehead atoms. The Balaban J connectivity index is 2.09. The van der Waals surface area contributed by atoms with Crippen LogP contribution < -0.4 is 15.0 Å². The van der Waals surface area contributed by atoms with E-state index in [1.807, 2.05) is 4.90 Å². The van der Waals surface area contributed by atoms with E-state index in [-0.39, 0.29) is 5.69 Å². The Kier molecular flexibility index (Phi) is 5.10. The molecule has 9 heteroatoms. The molecule has 0 aliphatic carbocycles. The van der Waals surface area contributed by atoms with E-state index in [0.717, 1.165) is 6.07 Å². The molecule has 0 unspecified atom stereocenters. The number of hydrogen-bond donors (Lipinski definition) is 1. The van der Waals surface area contributed by atoms with Crippen molar-refractivity contribution >= 4 is 38.9 Å². The van der Waals surface area contributed by atoms with Crippen LogP contribution in [-0.4, -0.2) is 32.5 Å². The Morgan fingerprint density at radius 1 is 1.15 bits per heavy atom. The number of anilines is 3. The molecule has 0 saturated heterocycles. The van der Waals surface area contributed by atoms with Crippen molar-refractivity contribution in [1.29, 1.82) is 0 Å². The standard InChI is InChI=1S/C17H14BrF3N2O3/c1-25-7-6-23-14-4-2-10(18)8-12(14)16(24)22-13-9-11(3-5-15(13)23)26-17(19,20)21/h2-5,8-9H,6-7H2,1H3,(H,22,24). The number of hydrogen-bond acceptors (Lipinski definition) is 4. The summed E-state index contributed by atoms with van der Waals surface area (Å²) in [4.78, 5) is 14.4. The fourth-order valence-electron chi connectivity index (χ4n) is 2.72. The smallest absolute Gasteiger partial charge is 0.406 e. The highest BCUT2D eigenvalue weighted by Crippen LogP contribution is 2.40. The second kappa shape index (κ2) is 7.16. The van der Waals surface area contributed by atoms with Crippen molar-refractivity contribution in [3.8, 4) is 5.75 Å². The second-order valence-electron chi connectivity index (χ2n) is 5.49. The van der Waals surface area contributed by atoms with Gasteiger partial charge in [0, 0.05) is 24.2 Å². The molecule has 0 atom stereocenters. The normalized spacial score (nSPS) is 13.6. The van der Waals surface area contributed by atoms with E-state index in [1.54, 1.807) is 25.3 Å². The summed E-state index contributed by atoms with van der Waals surface area (Å²) in [5, 5.41) is 2.65. The molecule has 26 heavy (non-hydrogen) atoms. The highest BCUT2D eigenvalue weighted by atomic mass is 79.9. The summed E-state index contributed by atoms with van der Waals surface area (Å²) in [6, 6.07) is 9.05. The Morgan fingerprint density at radius 2 is 1.88 bits per heavy atom. The van der Waals surface area contributed by atoms with Crippen molar-refractivity contribution in [2.75, 3.05) is 30.5 Å². The van der Waals surface area contributed by atoms with Crippen molar-refractivity contribution < 1.29 is 27.4 Å². The zero-order valence-corrected chi connectivity index (χ0v) is 15.1. The number of nitrogens with one attached hydrogen (secondary N) is 1. The molecule has 1 aliphatic rings. The molecule has 3 rings (SSSR count). The van der Waals surface area contributed by atoms with Crippen LogP contribution in [0.5, 0.6) is 5.75 Å². The zero-order chi connectivity index (χ0) is 18.9. The van der Waals surface area contributed by atoms with E-state index >= 15 is 0 Å². The summed E-state index contributed by atoms with van der Waals surface area (Å²) in [6.45, 7) is 0.774. The van der Waals surface area contributed by atoms with E-state index in [4.69, 9.17) is 4.74 Å². The number of benzene rings is 2. The van der Waals surface area contributed by atoms with Gasteiger partial charge < -0.3 is 19.7 Å². The van der Waals surface area contributed by atoms with Gasteiger partial charge in [-0.05, 0) is 30.3 Å². The summed E-state index contributed by atoms with van der Waals surface area (Å²) < 4.78 is 47.3. The highest BCUT2D eigenvalue weighted by Gasteiger charge is 2.32. The topological polar surface area (TPSA) is 50.8 Å². The number of alkyl halides is 3. The van der Waals surface area contributed by atoms with Gasteiger partial charge in [-0.15, -0.1) is 13.2 Å². The summed E-state index contributed by atoms with van der Waals surface area (Å²) in [5.74, 6) is -0.831. The number of nitrogens with zero attached hydrogens (tertiary/aromatic N) is 1. The molecule has 0 radical (unpaired) electrons. The molecule has 1 heterocycles.